The summed E-state index contributed by atoms with van der Waals surface area (Å²) in [5.74, 6) is -0.273. The van der Waals surface area contributed by atoms with Crippen LogP contribution < -0.4 is 20.5 Å². The summed E-state index contributed by atoms with van der Waals surface area (Å²) in [6.45, 7) is 10.5. The predicted molar refractivity (Wildman–Crippen MR) is 149 cm³/mol. The molecule has 3 rings (SSSR count). The van der Waals surface area contributed by atoms with Gasteiger partial charge in [0.2, 0.25) is 17.7 Å². The minimum absolute atomic E-state index is 0.0361. The highest BCUT2D eigenvalue weighted by Gasteiger charge is 2.43. The number of rotatable bonds is 9. The number of methoxy groups -OCH3 is 1. The first-order chi connectivity index (χ1) is 18.6. The summed E-state index contributed by atoms with van der Waals surface area (Å²) in [5.41, 5.74) is 4.28. The van der Waals surface area contributed by atoms with Crippen molar-refractivity contribution in [3.63, 3.8) is 0 Å². The zero-order chi connectivity index (χ0) is 29.8. The molecule has 2 heterocycles. The van der Waals surface area contributed by atoms with Crippen molar-refractivity contribution in [2.24, 2.45) is 11.1 Å². The van der Waals surface area contributed by atoms with Gasteiger partial charge in [0.25, 0.3) is 0 Å². The summed E-state index contributed by atoms with van der Waals surface area (Å²) in [7, 11) is 1.58. The van der Waals surface area contributed by atoms with E-state index in [4.69, 9.17) is 19.9 Å². The van der Waals surface area contributed by atoms with Crippen molar-refractivity contribution in [3.8, 4) is 11.6 Å². The van der Waals surface area contributed by atoms with Crippen LogP contribution in [-0.4, -0.2) is 71.0 Å². The van der Waals surface area contributed by atoms with Gasteiger partial charge in [0.15, 0.2) is 0 Å². The number of primary amides is 1. The number of ether oxygens (including phenoxy) is 3. The topological polar surface area (TPSA) is 150 Å². The van der Waals surface area contributed by atoms with Gasteiger partial charge in [-0.1, -0.05) is 20.8 Å². The van der Waals surface area contributed by atoms with Gasteiger partial charge >= 0.3 is 6.09 Å². The van der Waals surface area contributed by atoms with Gasteiger partial charge < -0.3 is 30.2 Å². The molecule has 1 aliphatic rings. The summed E-state index contributed by atoms with van der Waals surface area (Å²) >= 11 is 0. The number of nitrogens with zero attached hydrogens (tertiary/aromatic N) is 2. The van der Waals surface area contributed by atoms with Gasteiger partial charge in [0.05, 0.1) is 13.7 Å². The number of likely N-dealkylation sites (tertiary alicyclic amines) is 1. The number of Topliss-reactive ketones (excluding diaryl/α,β-unsaturated/α-hetero) is 1. The molecule has 0 saturated carbocycles. The van der Waals surface area contributed by atoms with Crippen molar-refractivity contribution < 1.29 is 33.4 Å². The van der Waals surface area contributed by atoms with Crippen LogP contribution in [0.25, 0.3) is 10.8 Å². The fourth-order valence-electron chi connectivity index (χ4n) is 4.46. The number of nitrogens with one attached hydrogen (secondary N) is 1. The van der Waals surface area contributed by atoms with Crippen molar-refractivity contribution >= 4 is 34.5 Å². The van der Waals surface area contributed by atoms with E-state index >= 15 is 0 Å². The van der Waals surface area contributed by atoms with Crippen LogP contribution in [0.15, 0.2) is 30.5 Å². The molecule has 40 heavy (non-hydrogen) atoms. The number of pyridine rings is 1. The molecule has 218 valence electrons. The number of hydrogen-bond donors (Lipinski definition) is 2. The Morgan fingerprint density at radius 2 is 1.82 bits per heavy atom. The fourth-order valence-corrected chi connectivity index (χ4v) is 4.46. The molecule has 1 aromatic carbocycles. The van der Waals surface area contributed by atoms with E-state index in [2.05, 4.69) is 10.3 Å². The highest BCUT2D eigenvalue weighted by Crippen LogP contribution is 2.30. The molecule has 3 amide bonds. The number of hydrogen-bond acceptors (Lipinski definition) is 8. The van der Waals surface area contributed by atoms with E-state index in [1.165, 1.54) is 4.90 Å². The van der Waals surface area contributed by atoms with Gasteiger partial charge in [-0.3, -0.25) is 14.4 Å². The third-order valence-corrected chi connectivity index (χ3v) is 6.57. The molecule has 0 unspecified atom stereocenters. The first kappa shape index (κ1) is 30.6. The minimum atomic E-state index is -1.11. The zero-order valence-electron chi connectivity index (χ0n) is 24.3. The lowest BCUT2D eigenvalue weighted by Gasteiger charge is -2.29. The molecule has 11 heteroatoms. The average molecular weight is 557 g/mol. The van der Waals surface area contributed by atoms with Gasteiger partial charge in [-0.05, 0) is 56.8 Å². The number of aromatic nitrogens is 1. The maximum Gasteiger partial charge on any atom is 0.408 e. The van der Waals surface area contributed by atoms with E-state index in [0.29, 0.717) is 11.6 Å². The number of ketones is 1. The summed E-state index contributed by atoms with van der Waals surface area (Å²) < 4.78 is 16.8. The van der Waals surface area contributed by atoms with Gasteiger partial charge in [0, 0.05) is 29.8 Å². The summed E-state index contributed by atoms with van der Waals surface area (Å²) in [6, 6.07) is 5.23. The van der Waals surface area contributed by atoms with Crippen LogP contribution in [0.3, 0.4) is 0 Å². The van der Waals surface area contributed by atoms with E-state index in [-0.39, 0.29) is 31.6 Å². The number of carbonyl (C=O) groups is 4. The molecule has 0 radical (unpaired) electrons. The lowest BCUT2D eigenvalue weighted by molar-refractivity contribution is -0.139. The second-order valence-corrected chi connectivity index (χ2v) is 12.0. The largest absolute Gasteiger partial charge is 0.497 e. The molecular weight excluding hydrogens is 516 g/mol. The van der Waals surface area contributed by atoms with Crippen LogP contribution in [0.4, 0.5) is 4.79 Å². The Kier molecular flexibility index (Phi) is 9.27. The quantitative estimate of drug-likeness (QED) is 0.477. The Hall–Kier alpha value is -3.89. The average Bonchev–Trinajstić information content (AvgIpc) is 3.28. The Morgan fingerprint density at radius 1 is 1.12 bits per heavy atom. The third-order valence-electron chi connectivity index (χ3n) is 6.57. The van der Waals surface area contributed by atoms with Gasteiger partial charge in [-0.25, -0.2) is 9.78 Å². The van der Waals surface area contributed by atoms with Gasteiger partial charge in [-0.2, -0.15) is 0 Å². The van der Waals surface area contributed by atoms with E-state index < -0.39 is 47.1 Å². The highest BCUT2D eigenvalue weighted by molar-refractivity contribution is 5.92. The van der Waals surface area contributed by atoms with E-state index in [1.807, 2.05) is 18.2 Å². The summed E-state index contributed by atoms with van der Waals surface area (Å²) in [4.78, 5) is 57.0. The molecule has 1 aliphatic heterocycles. The Bertz CT molecular complexity index is 1270. The first-order valence-corrected chi connectivity index (χ1v) is 13.3. The van der Waals surface area contributed by atoms with Crippen LogP contribution in [-0.2, 0) is 19.1 Å². The van der Waals surface area contributed by atoms with Gasteiger partial charge in [-0.15, -0.1) is 0 Å². The second kappa shape index (κ2) is 12.1. The van der Waals surface area contributed by atoms with Crippen molar-refractivity contribution in [1.29, 1.82) is 0 Å². The van der Waals surface area contributed by atoms with Crippen molar-refractivity contribution in [3.05, 3.63) is 30.5 Å². The monoisotopic (exact) mass is 556 g/mol. The summed E-state index contributed by atoms with van der Waals surface area (Å²) in [5, 5.41) is 4.19. The van der Waals surface area contributed by atoms with E-state index in [0.717, 1.165) is 10.8 Å². The predicted octanol–water partition coefficient (Wildman–Crippen LogP) is 3.37. The third kappa shape index (κ3) is 7.83. The van der Waals surface area contributed by atoms with Crippen molar-refractivity contribution in [2.75, 3.05) is 13.7 Å². The number of fused-ring (bicyclic) bond motifs is 1. The Labute approximate surface area is 234 Å². The number of carbonyl (C=O) groups excluding carboxylic acids is 4. The summed E-state index contributed by atoms with van der Waals surface area (Å²) in [6.07, 6.45) is 0.456. The standard InChI is InChI=1S/C29H40N4O7/c1-28(2,3)23(34)11-10-21(32-27(37)40-29(4,5)6)26(36)33-16-19(15-22(33)24(30)35)39-25-20-9-8-18(38-7)14-17(20)12-13-31-25/h8-9,12-14,19,21-22H,10-11,15-16H2,1-7H3,(H2,30,35)(H,32,37)/t19-,21+,22+/m1/s1. The number of nitrogens with two attached hydrogens (primary N) is 1. The minimum Gasteiger partial charge on any atom is -0.497 e. The molecular formula is C29H40N4O7. The molecule has 1 aromatic heterocycles. The molecule has 1 fully saturated rings. The van der Waals surface area contributed by atoms with E-state index in [1.54, 1.807) is 60.9 Å². The lowest BCUT2D eigenvalue weighted by atomic mass is 9.87. The Morgan fingerprint density at radius 3 is 2.42 bits per heavy atom. The second-order valence-electron chi connectivity index (χ2n) is 12.0. The lowest BCUT2D eigenvalue weighted by Crippen LogP contribution is -2.53. The molecule has 2 aromatic rings. The van der Waals surface area contributed by atoms with Crippen molar-refractivity contribution in [1.82, 2.24) is 15.2 Å². The van der Waals surface area contributed by atoms with E-state index in [9.17, 15) is 19.2 Å². The molecule has 3 atom stereocenters. The SMILES string of the molecule is COc1ccc2c(O[C@@H]3C[C@@H](C(N)=O)N(C(=O)[C@H](CCC(=O)C(C)(C)C)NC(=O)OC(C)(C)C)C3)nccc2c1. The highest BCUT2D eigenvalue weighted by atomic mass is 16.6. The normalized spacial score (nSPS) is 18.2. The maximum absolute atomic E-state index is 13.8. The fraction of sp³-hybridized carbons (Fsp3) is 0.552. The molecule has 11 nitrogen and oxygen atoms in total. The zero-order valence-corrected chi connectivity index (χ0v) is 24.3. The van der Waals surface area contributed by atoms with Gasteiger partial charge in [0.1, 0.15) is 35.3 Å². The number of benzene rings is 1. The molecule has 0 aliphatic carbocycles. The Balaban J connectivity index is 1.83. The number of alkyl carbamates (subject to hydrolysis) is 1. The molecule has 0 bridgehead atoms. The smallest absolute Gasteiger partial charge is 0.408 e. The van der Waals surface area contributed by atoms with Crippen LogP contribution in [0.2, 0.25) is 0 Å². The molecule has 3 N–H and O–H groups in total. The maximum atomic E-state index is 13.8. The van der Waals surface area contributed by atoms with Crippen LogP contribution in [0.1, 0.15) is 60.8 Å². The molecule has 0 spiro atoms. The van der Waals surface area contributed by atoms with Crippen LogP contribution in [0, 0.1) is 5.41 Å². The van der Waals surface area contributed by atoms with Crippen LogP contribution >= 0.6 is 0 Å². The number of amides is 3. The first-order valence-electron chi connectivity index (χ1n) is 13.3. The molecule has 1 saturated heterocycles. The van der Waals surface area contributed by atoms with Crippen LogP contribution in [0.5, 0.6) is 11.6 Å². The van der Waals surface area contributed by atoms with Crippen molar-refractivity contribution in [2.45, 2.75) is 84.6 Å².